The van der Waals surface area contributed by atoms with E-state index in [9.17, 15) is 22.4 Å². The first-order valence-electron chi connectivity index (χ1n) is 5.26. The number of hydrogen-bond donors (Lipinski definition) is 2. The van der Waals surface area contributed by atoms with E-state index in [1.54, 1.807) is 0 Å². The first-order chi connectivity index (χ1) is 8.74. The number of aliphatic hydroxyl groups excluding tert-OH is 1. The number of carbonyl (C=O) groups excluding carboxylic acids is 1. The van der Waals surface area contributed by atoms with E-state index >= 15 is 0 Å². The number of benzene rings is 1. The zero-order chi connectivity index (χ0) is 14.6. The minimum absolute atomic E-state index is 0.0542. The molecule has 1 amide bonds. The molecule has 4 nitrogen and oxygen atoms in total. The van der Waals surface area contributed by atoms with Gasteiger partial charge in [-0.3, -0.25) is 4.79 Å². The number of nitrogens with two attached hydrogens (primary N) is 1. The van der Waals surface area contributed by atoms with Gasteiger partial charge in [0.15, 0.2) is 0 Å². The molecule has 8 heteroatoms. The Balaban J connectivity index is 2.99. The molecule has 0 saturated carbocycles. The fourth-order valence-electron chi connectivity index (χ4n) is 1.46. The van der Waals surface area contributed by atoms with E-state index in [-0.39, 0.29) is 5.69 Å². The van der Waals surface area contributed by atoms with Crippen LogP contribution in [0, 0.1) is 5.82 Å². The van der Waals surface area contributed by atoms with Crippen LogP contribution in [0.3, 0.4) is 0 Å². The first-order valence-corrected chi connectivity index (χ1v) is 5.26. The molecule has 1 rings (SSSR count). The van der Waals surface area contributed by atoms with Gasteiger partial charge < -0.3 is 15.7 Å². The summed E-state index contributed by atoms with van der Waals surface area (Å²) >= 11 is 0. The summed E-state index contributed by atoms with van der Waals surface area (Å²) in [7, 11) is 0. The number of anilines is 1. The Morgan fingerprint density at radius 3 is 2.47 bits per heavy atom. The number of carbonyl (C=O) groups is 1. The highest BCUT2D eigenvalue weighted by atomic mass is 19.4. The van der Waals surface area contributed by atoms with Crippen LogP contribution in [0.1, 0.15) is 10.4 Å². The molecule has 0 heterocycles. The quantitative estimate of drug-likeness (QED) is 0.647. The second-order valence-electron chi connectivity index (χ2n) is 3.80. The number of hydrogen-bond acceptors (Lipinski definition) is 3. The highest BCUT2D eigenvalue weighted by Gasteiger charge is 2.33. The fourth-order valence-corrected chi connectivity index (χ4v) is 1.46. The number of aliphatic hydroxyl groups is 1. The third kappa shape index (κ3) is 4.40. The summed E-state index contributed by atoms with van der Waals surface area (Å²) in [5, 5.41) is 8.67. The van der Waals surface area contributed by atoms with Crippen molar-refractivity contribution in [1.82, 2.24) is 4.90 Å². The average molecular weight is 280 g/mol. The number of nitrogens with zero attached hydrogens (tertiary/aromatic N) is 1. The molecule has 19 heavy (non-hydrogen) atoms. The molecule has 0 saturated heterocycles. The van der Waals surface area contributed by atoms with Crippen molar-refractivity contribution >= 4 is 11.6 Å². The maximum Gasteiger partial charge on any atom is 0.406 e. The van der Waals surface area contributed by atoms with Gasteiger partial charge in [-0.25, -0.2) is 4.39 Å². The Labute approximate surface area is 106 Å². The summed E-state index contributed by atoms with van der Waals surface area (Å²) in [6.07, 6.45) is -4.63. The third-order valence-electron chi connectivity index (χ3n) is 2.25. The van der Waals surface area contributed by atoms with Crippen molar-refractivity contribution in [3.63, 3.8) is 0 Å². The Hall–Kier alpha value is -1.83. The summed E-state index contributed by atoms with van der Waals surface area (Å²) in [6.45, 7) is -2.75. The Bertz CT molecular complexity index is 462. The number of amides is 1. The molecule has 0 aliphatic rings. The van der Waals surface area contributed by atoms with Gasteiger partial charge in [-0.2, -0.15) is 13.2 Å². The van der Waals surface area contributed by atoms with Crippen molar-refractivity contribution in [2.24, 2.45) is 0 Å². The van der Waals surface area contributed by atoms with Gasteiger partial charge in [0.1, 0.15) is 12.4 Å². The van der Waals surface area contributed by atoms with Crippen molar-refractivity contribution in [3.8, 4) is 0 Å². The predicted molar refractivity (Wildman–Crippen MR) is 59.9 cm³/mol. The van der Waals surface area contributed by atoms with Gasteiger partial charge in [-0.05, 0) is 18.2 Å². The van der Waals surface area contributed by atoms with E-state index in [2.05, 4.69) is 0 Å². The maximum atomic E-state index is 13.5. The van der Waals surface area contributed by atoms with E-state index in [1.807, 2.05) is 0 Å². The van der Waals surface area contributed by atoms with Crippen LogP contribution in [0.5, 0.6) is 0 Å². The second kappa shape index (κ2) is 5.87. The lowest BCUT2D eigenvalue weighted by molar-refractivity contribution is -0.141. The van der Waals surface area contributed by atoms with Crippen molar-refractivity contribution in [3.05, 3.63) is 29.6 Å². The first kappa shape index (κ1) is 15.2. The van der Waals surface area contributed by atoms with Gasteiger partial charge >= 0.3 is 6.18 Å². The molecule has 0 aliphatic heterocycles. The summed E-state index contributed by atoms with van der Waals surface area (Å²) in [6, 6.07) is 3.06. The Morgan fingerprint density at radius 2 is 2.00 bits per heavy atom. The van der Waals surface area contributed by atoms with Crippen LogP contribution in [-0.4, -0.2) is 41.8 Å². The molecule has 0 unspecified atom stereocenters. The smallest absolute Gasteiger partial charge is 0.399 e. The van der Waals surface area contributed by atoms with Crippen LogP contribution >= 0.6 is 0 Å². The lowest BCUT2D eigenvalue weighted by Gasteiger charge is -2.23. The van der Waals surface area contributed by atoms with E-state index in [4.69, 9.17) is 10.8 Å². The molecule has 0 aliphatic carbocycles. The lowest BCUT2D eigenvalue weighted by Crippen LogP contribution is -2.41. The van der Waals surface area contributed by atoms with E-state index < -0.39 is 43.2 Å². The lowest BCUT2D eigenvalue weighted by atomic mass is 10.1. The van der Waals surface area contributed by atoms with Gasteiger partial charge in [0.2, 0.25) is 0 Å². The van der Waals surface area contributed by atoms with E-state index in [1.165, 1.54) is 6.07 Å². The molecule has 0 spiro atoms. The molecular formula is C11H12F4N2O2. The van der Waals surface area contributed by atoms with Crippen LogP contribution in [0.25, 0.3) is 0 Å². The standard InChI is InChI=1S/C11H12F4N2O2/c12-9-5-7(16)1-2-8(9)10(19)17(3-4-18)6-11(13,14)15/h1-2,5,18H,3-4,6,16H2. The fraction of sp³-hybridized carbons (Fsp3) is 0.364. The number of nitrogen functional groups attached to an aromatic ring is 1. The van der Waals surface area contributed by atoms with E-state index in [0.717, 1.165) is 12.1 Å². The summed E-state index contributed by atoms with van der Waals surface area (Å²) in [4.78, 5) is 12.1. The Kier molecular flexibility index (Phi) is 4.71. The SMILES string of the molecule is Nc1ccc(C(=O)N(CCO)CC(F)(F)F)c(F)c1. The van der Waals surface area contributed by atoms with E-state index in [0.29, 0.717) is 4.90 Å². The molecule has 0 fully saturated rings. The highest BCUT2D eigenvalue weighted by Crippen LogP contribution is 2.19. The molecular weight excluding hydrogens is 268 g/mol. The van der Waals surface area contributed by atoms with Crippen LogP contribution in [0.15, 0.2) is 18.2 Å². The van der Waals surface area contributed by atoms with Gasteiger partial charge in [0.05, 0.1) is 12.2 Å². The minimum atomic E-state index is -4.63. The maximum absolute atomic E-state index is 13.5. The Morgan fingerprint density at radius 1 is 1.37 bits per heavy atom. The summed E-state index contributed by atoms with van der Waals surface area (Å²) in [5.41, 5.74) is 4.81. The van der Waals surface area contributed by atoms with Crippen molar-refractivity contribution in [2.45, 2.75) is 6.18 Å². The molecule has 0 radical (unpaired) electrons. The van der Waals surface area contributed by atoms with Crippen LogP contribution in [0.4, 0.5) is 23.2 Å². The highest BCUT2D eigenvalue weighted by molar-refractivity contribution is 5.94. The monoisotopic (exact) mass is 280 g/mol. The minimum Gasteiger partial charge on any atom is -0.399 e. The molecule has 0 atom stereocenters. The molecule has 106 valence electrons. The molecule has 0 aromatic heterocycles. The van der Waals surface area contributed by atoms with Gasteiger partial charge in [-0.1, -0.05) is 0 Å². The predicted octanol–water partition coefficient (Wildman–Crippen LogP) is 1.40. The molecule has 1 aromatic carbocycles. The van der Waals surface area contributed by atoms with Gasteiger partial charge in [0.25, 0.3) is 5.91 Å². The van der Waals surface area contributed by atoms with Crippen LogP contribution < -0.4 is 5.73 Å². The van der Waals surface area contributed by atoms with Crippen LogP contribution in [0.2, 0.25) is 0 Å². The zero-order valence-corrected chi connectivity index (χ0v) is 9.75. The van der Waals surface area contributed by atoms with Crippen molar-refractivity contribution < 1.29 is 27.5 Å². The normalized spacial score (nSPS) is 11.4. The number of rotatable bonds is 4. The summed E-state index contributed by atoms with van der Waals surface area (Å²) in [5.74, 6) is -2.15. The molecule has 3 N–H and O–H groups in total. The third-order valence-corrected chi connectivity index (χ3v) is 2.25. The number of halogens is 4. The average Bonchev–Trinajstić information content (AvgIpc) is 2.26. The van der Waals surface area contributed by atoms with Crippen LogP contribution in [-0.2, 0) is 0 Å². The van der Waals surface area contributed by atoms with Gasteiger partial charge in [-0.15, -0.1) is 0 Å². The zero-order valence-electron chi connectivity index (χ0n) is 9.75. The second-order valence-corrected chi connectivity index (χ2v) is 3.80. The molecule has 1 aromatic rings. The largest absolute Gasteiger partial charge is 0.406 e. The van der Waals surface area contributed by atoms with Crippen molar-refractivity contribution in [1.29, 1.82) is 0 Å². The topological polar surface area (TPSA) is 66.6 Å². The van der Waals surface area contributed by atoms with Crippen molar-refractivity contribution in [2.75, 3.05) is 25.4 Å². The molecule has 0 bridgehead atoms. The van der Waals surface area contributed by atoms with Gasteiger partial charge in [0, 0.05) is 12.2 Å². The number of alkyl halides is 3. The summed E-state index contributed by atoms with van der Waals surface area (Å²) < 4.78 is 50.3.